The van der Waals surface area contributed by atoms with E-state index in [1.54, 1.807) is 6.07 Å². The van der Waals surface area contributed by atoms with Gasteiger partial charge in [0.05, 0.1) is 17.8 Å². The summed E-state index contributed by atoms with van der Waals surface area (Å²) in [4.78, 5) is 0. The Hall–Kier alpha value is -1.11. The van der Waals surface area contributed by atoms with Gasteiger partial charge in [0.15, 0.2) is 11.6 Å². The summed E-state index contributed by atoms with van der Waals surface area (Å²) in [6.45, 7) is 7.69. The molecule has 0 radical (unpaired) electrons. The Labute approximate surface area is 119 Å². The van der Waals surface area contributed by atoms with Gasteiger partial charge in [-0.25, -0.2) is 4.39 Å². The van der Waals surface area contributed by atoms with Crippen molar-refractivity contribution in [2.45, 2.75) is 38.9 Å². The number of hydrogen-bond acceptors (Lipinski definition) is 4. The van der Waals surface area contributed by atoms with E-state index in [1.165, 1.54) is 12.1 Å². The number of benzene rings is 1. The van der Waals surface area contributed by atoms with Crippen molar-refractivity contribution in [3.05, 3.63) is 24.0 Å². The summed E-state index contributed by atoms with van der Waals surface area (Å²) >= 11 is 0. The molecule has 20 heavy (non-hydrogen) atoms. The standard InChI is InChI=1S/C14H20BFO4/c1-13(2)14(3,4)20-15(19-13)10-5-6-12(11(16)9-10)18-8-7-17/h5-6,9,17H,7-8H2,1-4H3. The fourth-order valence-corrected chi connectivity index (χ4v) is 1.92. The van der Waals surface area contributed by atoms with Crippen LogP contribution in [0.1, 0.15) is 27.7 Å². The van der Waals surface area contributed by atoms with Gasteiger partial charge in [-0.15, -0.1) is 0 Å². The van der Waals surface area contributed by atoms with Gasteiger partial charge >= 0.3 is 7.12 Å². The maximum absolute atomic E-state index is 13.9. The minimum absolute atomic E-state index is 0.0623. The highest BCUT2D eigenvalue weighted by Gasteiger charge is 2.51. The lowest BCUT2D eigenvalue weighted by Crippen LogP contribution is -2.41. The SMILES string of the molecule is CC1(C)OB(c2ccc(OCCO)c(F)c2)OC1(C)C. The molecule has 1 aromatic rings. The van der Waals surface area contributed by atoms with Crippen LogP contribution >= 0.6 is 0 Å². The molecule has 1 heterocycles. The third-order valence-electron chi connectivity index (χ3n) is 3.83. The lowest BCUT2D eigenvalue weighted by molar-refractivity contribution is 0.00578. The topological polar surface area (TPSA) is 47.9 Å². The van der Waals surface area contributed by atoms with Gasteiger partial charge in [0.2, 0.25) is 0 Å². The van der Waals surface area contributed by atoms with Crippen LogP contribution in [-0.2, 0) is 9.31 Å². The van der Waals surface area contributed by atoms with Gasteiger partial charge in [0.1, 0.15) is 6.61 Å². The summed E-state index contributed by atoms with van der Waals surface area (Å²) in [5, 5.41) is 8.67. The first-order valence-corrected chi connectivity index (χ1v) is 6.65. The number of halogens is 1. The predicted molar refractivity (Wildman–Crippen MR) is 74.7 cm³/mol. The molecule has 1 aliphatic heterocycles. The molecule has 1 saturated heterocycles. The Kier molecular flexibility index (Phi) is 4.09. The third-order valence-corrected chi connectivity index (χ3v) is 3.83. The second-order valence-electron chi connectivity index (χ2n) is 5.85. The lowest BCUT2D eigenvalue weighted by atomic mass is 9.79. The first kappa shape index (κ1) is 15.3. The average molecular weight is 282 g/mol. The van der Waals surface area contributed by atoms with Crippen LogP contribution < -0.4 is 10.2 Å². The van der Waals surface area contributed by atoms with E-state index in [4.69, 9.17) is 19.2 Å². The smallest absolute Gasteiger partial charge is 0.488 e. The molecule has 2 rings (SSSR count). The van der Waals surface area contributed by atoms with Crippen molar-refractivity contribution in [1.82, 2.24) is 0 Å². The van der Waals surface area contributed by atoms with Gasteiger partial charge < -0.3 is 19.2 Å². The van der Waals surface area contributed by atoms with Crippen molar-refractivity contribution >= 4 is 12.6 Å². The third kappa shape index (κ3) is 2.82. The van der Waals surface area contributed by atoms with E-state index in [1.807, 2.05) is 27.7 Å². The van der Waals surface area contributed by atoms with Crippen LogP contribution in [0.2, 0.25) is 0 Å². The van der Waals surface area contributed by atoms with Crippen molar-refractivity contribution in [3.8, 4) is 5.75 Å². The van der Waals surface area contributed by atoms with Crippen LogP contribution in [0.3, 0.4) is 0 Å². The molecule has 110 valence electrons. The molecule has 1 fully saturated rings. The zero-order valence-corrected chi connectivity index (χ0v) is 12.3. The van der Waals surface area contributed by atoms with Crippen LogP contribution in [0.4, 0.5) is 4.39 Å². The Morgan fingerprint density at radius 3 is 2.30 bits per heavy atom. The summed E-state index contributed by atoms with van der Waals surface area (Å²) in [7, 11) is -0.596. The summed E-state index contributed by atoms with van der Waals surface area (Å²) < 4.78 is 30.7. The largest absolute Gasteiger partial charge is 0.494 e. The van der Waals surface area contributed by atoms with Gasteiger partial charge in [-0.05, 0) is 45.3 Å². The summed E-state index contributed by atoms with van der Waals surface area (Å²) in [5.74, 6) is -0.384. The lowest BCUT2D eigenvalue weighted by Gasteiger charge is -2.32. The van der Waals surface area contributed by atoms with Gasteiger partial charge in [-0.3, -0.25) is 0 Å². The minimum atomic E-state index is -0.596. The molecule has 0 saturated carbocycles. The van der Waals surface area contributed by atoms with E-state index in [2.05, 4.69) is 0 Å². The molecule has 0 atom stereocenters. The van der Waals surface area contributed by atoms with Gasteiger partial charge in [0.25, 0.3) is 0 Å². The van der Waals surface area contributed by atoms with Gasteiger partial charge in [-0.1, -0.05) is 6.07 Å². The van der Waals surface area contributed by atoms with Crippen LogP contribution in [0.15, 0.2) is 18.2 Å². The molecule has 6 heteroatoms. The van der Waals surface area contributed by atoms with E-state index in [0.29, 0.717) is 5.46 Å². The maximum Gasteiger partial charge on any atom is 0.494 e. The van der Waals surface area contributed by atoms with Crippen LogP contribution in [0, 0.1) is 5.82 Å². The van der Waals surface area contributed by atoms with E-state index >= 15 is 0 Å². The normalized spacial score (nSPS) is 20.2. The number of rotatable bonds is 4. The van der Waals surface area contributed by atoms with Crippen molar-refractivity contribution in [3.63, 3.8) is 0 Å². The molecule has 0 spiro atoms. The monoisotopic (exact) mass is 282 g/mol. The Morgan fingerprint density at radius 2 is 1.80 bits per heavy atom. The van der Waals surface area contributed by atoms with Crippen LogP contribution in [0.25, 0.3) is 0 Å². The van der Waals surface area contributed by atoms with E-state index < -0.39 is 24.1 Å². The summed E-state index contributed by atoms with van der Waals surface area (Å²) in [5.41, 5.74) is -0.307. The Morgan fingerprint density at radius 1 is 1.20 bits per heavy atom. The van der Waals surface area contributed by atoms with Crippen molar-refractivity contribution in [2.24, 2.45) is 0 Å². The van der Waals surface area contributed by atoms with Crippen molar-refractivity contribution < 1.29 is 23.5 Å². The van der Waals surface area contributed by atoms with Crippen LogP contribution in [-0.4, -0.2) is 36.6 Å². The van der Waals surface area contributed by atoms with Crippen molar-refractivity contribution in [1.29, 1.82) is 0 Å². The van der Waals surface area contributed by atoms with E-state index in [0.717, 1.165) is 0 Å². The molecule has 0 aromatic heterocycles. The number of aliphatic hydroxyl groups is 1. The molecular weight excluding hydrogens is 262 g/mol. The molecule has 4 nitrogen and oxygen atoms in total. The first-order chi connectivity index (χ1) is 9.27. The number of hydrogen-bond donors (Lipinski definition) is 1. The Balaban J connectivity index is 2.17. The molecule has 1 aliphatic rings. The first-order valence-electron chi connectivity index (χ1n) is 6.65. The van der Waals surface area contributed by atoms with E-state index in [9.17, 15) is 4.39 Å². The van der Waals surface area contributed by atoms with Gasteiger partial charge in [0, 0.05) is 0 Å². The maximum atomic E-state index is 13.9. The highest BCUT2D eigenvalue weighted by Crippen LogP contribution is 2.36. The molecule has 1 aromatic carbocycles. The molecule has 1 N–H and O–H groups in total. The highest BCUT2D eigenvalue weighted by atomic mass is 19.1. The second-order valence-corrected chi connectivity index (χ2v) is 5.85. The summed E-state index contributed by atoms with van der Waals surface area (Å²) in [6, 6.07) is 4.57. The molecule has 0 amide bonds. The number of ether oxygens (including phenoxy) is 1. The van der Waals surface area contributed by atoms with Crippen molar-refractivity contribution in [2.75, 3.05) is 13.2 Å². The molecule has 0 bridgehead atoms. The molecule has 0 aliphatic carbocycles. The average Bonchev–Trinajstić information content (AvgIpc) is 2.57. The zero-order chi connectivity index (χ0) is 15.0. The fraction of sp³-hybridized carbons (Fsp3) is 0.571. The fourth-order valence-electron chi connectivity index (χ4n) is 1.92. The highest BCUT2D eigenvalue weighted by molar-refractivity contribution is 6.62. The molecular formula is C14H20BFO4. The van der Waals surface area contributed by atoms with E-state index in [-0.39, 0.29) is 19.0 Å². The minimum Gasteiger partial charge on any atom is -0.488 e. The Bertz CT molecular complexity index is 474. The second kappa shape index (κ2) is 5.35. The molecule has 0 unspecified atom stereocenters. The predicted octanol–water partition coefficient (Wildman–Crippen LogP) is 1.50. The zero-order valence-electron chi connectivity index (χ0n) is 12.3. The van der Waals surface area contributed by atoms with Gasteiger partial charge in [-0.2, -0.15) is 0 Å². The number of aliphatic hydroxyl groups excluding tert-OH is 1. The summed E-state index contributed by atoms with van der Waals surface area (Å²) in [6.07, 6.45) is 0. The van der Waals surface area contributed by atoms with Crippen LogP contribution in [0.5, 0.6) is 5.75 Å². The quantitative estimate of drug-likeness (QED) is 0.850.